The number of likely N-dealkylation sites (tertiary alicyclic amines) is 1. The van der Waals surface area contributed by atoms with Crippen molar-refractivity contribution in [1.82, 2.24) is 19.9 Å². The Labute approximate surface area is 152 Å². The Morgan fingerprint density at radius 1 is 1.27 bits per heavy atom. The molecule has 0 spiro atoms. The van der Waals surface area contributed by atoms with Crippen LogP contribution in [0.25, 0.3) is 11.4 Å². The van der Waals surface area contributed by atoms with E-state index in [2.05, 4.69) is 10.1 Å². The molecule has 0 atom stereocenters. The highest BCUT2D eigenvalue weighted by Crippen LogP contribution is 2.23. The fraction of sp³-hybridized carbons (Fsp3) is 0.500. The van der Waals surface area contributed by atoms with Crippen molar-refractivity contribution in [2.45, 2.75) is 26.6 Å². The van der Waals surface area contributed by atoms with Gasteiger partial charge in [-0.1, -0.05) is 5.16 Å². The molecule has 0 unspecified atom stereocenters. The molecular weight excluding hydrogens is 336 g/mol. The van der Waals surface area contributed by atoms with E-state index in [1.165, 1.54) is 0 Å². The summed E-state index contributed by atoms with van der Waals surface area (Å²) in [5.74, 6) is 1.72. The van der Waals surface area contributed by atoms with Gasteiger partial charge >= 0.3 is 6.03 Å². The minimum absolute atomic E-state index is 0.0267. The lowest BCUT2D eigenvalue weighted by Crippen LogP contribution is -2.59. The number of nitrogens with zero attached hydrogens (tertiary/aromatic N) is 4. The van der Waals surface area contributed by atoms with Crippen LogP contribution in [-0.4, -0.2) is 65.4 Å². The van der Waals surface area contributed by atoms with Crippen LogP contribution in [0.1, 0.15) is 19.7 Å². The van der Waals surface area contributed by atoms with Crippen molar-refractivity contribution in [2.24, 2.45) is 0 Å². The standard InChI is InChI=1S/C18H24N4O4/c1-4-21(5-2)18(23)22-10-15(11-22)25-14-8-6-13(7-9-14)17-19-16(12-24-3)26-20-17/h6-9,15H,4-5,10-12H2,1-3H3. The first-order valence-electron chi connectivity index (χ1n) is 8.77. The minimum atomic E-state index is 0.0267. The van der Waals surface area contributed by atoms with Crippen LogP contribution >= 0.6 is 0 Å². The van der Waals surface area contributed by atoms with E-state index >= 15 is 0 Å². The van der Waals surface area contributed by atoms with Crippen LogP contribution in [0.4, 0.5) is 4.79 Å². The van der Waals surface area contributed by atoms with Gasteiger partial charge in [-0.15, -0.1) is 0 Å². The second-order valence-corrected chi connectivity index (χ2v) is 6.07. The first-order valence-corrected chi connectivity index (χ1v) is 8.77. The number of amides is 2. The maximum Gasteiger partial charge on any atom is 0.320 e. The summed E-state index contributed by atoms with van der Waals surface area (Å²) in [4.78, 5) is 20.1. The van der Waals surface area contributed by atoms with E-state index in [-0.39, 0.29) is 12.1 Å². The third-order valence-corrected chi connectivity index (χ3v) is 4.30. The number of carbonyl (C=O) groups is 1. The van der Waals surface area contributed by atoms with Crippen LogP contribution in [0.3, 0.4) is 0 Å². The molecule has 2 amide bonds. The van der Waals surface area contributed by atoms with Crippen LogP contribution in [-0.2, 0) is 11.3 Å². The normalized spacial score (nSPS) is 14.2. The SMILES string of the molecule is CCN(CC)C(=O)N1CC(Oc2ccc(-c3noc(COC)n3)cc2)C1. The van der Waals surface area contributed by atoms with Gasteiger partial charge in [0.15, 0.2) is 0 Å². The topological polar surface area (TPSA) is 80.9 Å². The molecule has 2 heterocycles. The Hall–Kier alpha value is -2.61. The van der Waals surface area contributed by atoms with Crippen LogP contribution < -0.4 is 4.74 Å². The summed E-state index contributed by atoms with van der Waals surface area (Å²) >= 11 is 0. The van der Waals surface area contributed by atoms with Gasteiger partial charge in [0.1, 0.15) is 18.5 Å². The molecule has 3 rings (SSSR count). The van der Waals surface area contributed by atoms with Gasteiger partial charge in [-0.2, -0.15) is 4.98 Å². The Morgan fingerprint density at radius 3 is 2.58 bits per heavy atom. The van der Waals surface area contributed by atoms with Gasteiger partial charge in [0.2, 0.25) is 5.82 Å². The predicted octanol–water partition coefficient (Wildman–Crippen LogP) is 2.41. The smallest absolute Gasteiger partial charge is 0.320 e. The molecule has 1 aliphatic rings. The highest BCUT2D eigenvalue weighted by Gasteiger charge is 2.34. The molecule has 0 aliphatic carbocycles. The van der Waals surface area contributed by atoms with E-state index < -0.39 is 0 Å². The largest absolute Gasteiger partial charge is 0.487 e. The van der Waals surface area contributed by atoms with Gasteiger partial charge in [0.05, 0.1) is 13.1 Å². The summed E-state index contributed by atoms with van der Waals surface area (Å²) in [6.07, 6.45) is 0.0267. The Bertz CT molecular complexity index is 721. The second-order valence-electron chi connectivity index (χ2n) is 6.07. The van der Waals surface area contributed by atoms with E-state index in [1.54, 1.807) is 7.11 Å². The van der Waals surface area contributed by atoms with Gasteiger partial charge in [-0.25, -0.2) is 4.79 Å². The Morgan fingerprint density at radius 2 is 1.96 bits per heavy atom. The summed E-state index contributed by atoms with van der Waals surface area (Å²) < 4.78 is 16.0. The van der Waals surface area contributed by atoms with Crippen molar-refractivity contribution in [2.75, 3.05) is 33.3 Å². The number of urea groups is 1. The highest BCUT2D eigenvalue weighted by atomic mass is 16.5. The predicted molar refractivity (Wildman–Crippen MR) is 94.8 cm³/mol. The average molecular weight is 360 g/mol. The number of ether oxygens (including phenoxy) is 2. The lowest BCUT2D eigenvalue weighted by molar-refractivity contribution is 0.0319. The quantitative estimate of drug-likeness (QED) is 0.754. The first kappa shape index (κ1) is 18.2. The number of methoxy groups -OCH3 is 1. The summed E-state index contributed by atoms with van der Waals surface area (Å²) in [5.41, 5.74) is 0.843. The molecule has 8 heteroatoms. The summed E-state index contributed by atoms with van der Waals surface area (Å²) in [5, 5.41) is 3.93. The van der Waals surface area contributed by atoms with Crippen molar-refractivity contribution >= 4 is 6.03 Å². The zero-order valence-corrected chi connectivity index (χ0v) is 15.3. The highest BCUT2D eigenvalue weighted by molar-refractivity contribution is 5.75. The molecule has 2 aromatic rings. The lowest BCUT2D eigenvalue weighted by atomic mass is 10.1. The van der Waals surface area contributed by atoms with Gasteiger partial charge in [-0.05, 0) is 38.1 Å². The molecule has 0 bridgehead atoms. The average Bonchev–Trinajstić information content (AvgIpc) is 3.08. The molecule has 1 fully saturated rings. The molecule has 8 nitrogen and oxygen atoms in total. The monoisotopic (exact) mass is 360 g/mol. The van der Waals surface area contributed by atoms with E-state index in [4.69, 9.17) is 14.0 Å². The first-order chi connectivity index (χ1) is 12.6. The number of hydrogen-bond donors (Lipinski definition) is 0. The Kier molecular flexibility index (Phi) is 5.72. The van der Waals surface area contributed by atoms with E-state index in [0.717, 1.165) is 24.4 Å². The number of aromatic nitrogens is 2. The summed E-state index contributed by atoms with van der Waals surface area (Å²) in [7, 11) is 1.58. The van der Waals surface area contributed by atoms with Gasteiger partial charge in [0.25, 0.3) is 5.89 Å². The van der Waals surface area contributed by atoms with Crippen molar-refractivity contribution in [3.05, 3.63) is 30.2 Å². The van der Waals surface area contributed by atoms with E-state index in [0.29, 0.717) is 31.4 Å². The molecule has 1 saturated heterocycles. The molecule has 1 aromatic carbocycles. The van der Waals surface area contributed by atoms with E-state index in [1.807, 2.05) is 47.9 Å². The third-order valence-electron chi connectivity index (χ3n) is 4.30. The molecule has 1 aliphatic heterocycles. The number of carbonyl (C=O) groups excluding carboxylic acids is 1. The van der Waals surface area contributed by atoms with Crippen molar-refractivity contribution in [3.8, 4) is 17.1 Å². The molecule has 0 N–H and O–H groups in total. The molecule has 26 heavy (non-hydrogen) atoms. The minimum Gasteiger partial charge on any atom is -0.487 e. The zero-order chi connectivity index (χ0) is 18.5. The van der Waals surface area contributed by atoms with Crippen molar-refractivity contribution in [3.63, 3.8) is 0 Å². The summed E-state index contributed by atoms with van der Waals surface area (Å²) in [6.45, 7) is 6.93. The van der Waals surface area contributed by atoms with Gasteiger partial charge in [-0.3, -0.25) is 0 Å². The zero-order valence-electron chi connectivity index (χ0n) is 15.3. The molecule has 0 saturated carbocycles. The molecule has 0 radical (unpaired) electrons. The fourth-order valence-electron chi connectivity index (χ4n) is 2.79. The van der Waals surface area contributed by atoms with Crippen LogP contribution in [0.2, 0.25) is 0 Å². The number of hydrogen-bond acceptors (Lipinski definition) is 6. The molecule has 140 valence electrons. The van der Waals surface area contributed by atoms with Crippen LogP contribution in [0, 0.1) is 0 Å². The third kappa shape index (κ3) is 3.96. The Balaban J connectivity index is 1.52. The number of benzene rings is 1. The van der Waals surface area contributed by atoms with Gasteiger partial charge < -0.3 is 23.8 Å². The lowest BCUT2D eigenvalue weighted by Gasteiger charge is -2.41. The summed E-state index contributed by atoms with van der Waals surface area (Å²) in [6, 6.07) is 7.59. The molecule has 1 aromatic heterocycles. The van der Waals surface area contributed by atoms with E-state index in [9.17, 15) is 4.79 Å². The maximum atomic E-state index is 12.2. The van der Waals surface area contributed by atoms with Crippen molar-refractivity contribution in [1.29, 1.82) is 0 Å². The van der Waals surface area contributed by atoms with Crippen LogP contribution in [0.5, 0.6) is 5.75 Å². The van der Waals surface area contributed by atoms with Crippen LogP contribution in [0.15, 0.2) is 28.8 Å². The fourth-order valence-corrected chi connectivity index (χ4v) is 2.79. The second kappa shape index (κ2) is 8.18. The maximum absolute atomic E-state index is 12.2. The molecular formula is C18H24N4O4. The van der Waals surface area contributed by atoms with Gasteiger partial charge in [0, 0.05) is 25.8 Å². The van der Waals surface area contributed by atoms with Crippen molar-refractivity contribution < 1.29 is 18.8 Å². The number of rotatable bonds is 7.